The van der Waals surface area contributed by atoms with E-state index in [1.807, 2.05) is 10.7 Å². The first-order valence-corrected chi connectivity index (χ1v) is 5.08. The van der Waals surface area contributed by atoms with Crippen molar-refractivity contribution in [3.8, 4) is 6.07 Å². The summed E-state index contributed by atoms with van der Waals surface area (Å²) in [4.78, 5) is 0. The standard InChI is InChI=1S/C7H7Br2N3/c8-6-5-7(9)12(11-6)4-2-1-3-10/h5H,1-2,4H2. The van der Waals surface area contributed by atoms with E-state index in [4.69, 9.17) is 5.26 Å². The van der Waals surface area contributed by atoms with Crippen molar-refractivity contribution in [3.05, 3.63) is 15.3 Å². The van der Waals surface area contributed by atoms with Crippen molar-refractivity contribution in [2.45, 2.75) is 19.4 Å². The monoisotopic (exact) mass is 291 g/mol. The Balaban J connectivity index is 2.52. The number of rotatable bonds is 3. The summed E-state index contributed by atoms with van der Waals surface area (Å²) in [5, 5.41) is 12.5. The van der Waals surface area contributed by atoms with Crippen LogP contribution < -0.4 is 0 Å². The SMILES string of the molecule is N#CCCCn1nc(Br)cc1Br. The third-order valence-electron chi connectivity index (χ3n) is 1.36. The van der Waals surface area contributed by atoms with Crippen LogP contribution in [0.3, 0.4) is 0 Å². The third kappa shape index (κ3) is 2.61. The second kappa shape index (κ2) is 4.63. The van der Waals surface area contributed by atoms with Gasteiger partial charge in [0.1, 0.15) is 9.21 Å². The maximum Gasteiger partial charge on any atom is 0.129 e. The fraction of sp³-hybridized carbons (Fsp3) is 0.429. The van der Waals surface area contributed by atoms with Gasteiger partial charge in [-0.3, -0.25) is 4.68 Å². The first-order chi connectivity index (χ1) is 5.74. The lowest BCUT2D eigenvalue weighted by Crippen LogP contribution is -1.99. The molecular formula is C7H7Br2N3. The lowest BCUT2D eigenvalue weighted by atomic mass is 10.3. The Morgan fingerprint density at radius 2 is 2.33 bits per heavy atom. The molecule has 0 N–H and O–H groups in total. The van der Waals surface area contributed by atoms with E-state index in [0.717, 1.165) is 22.2 Å². The Morgan fingerprint density at radius 1 is 1.58 bits per heavy atom. The highest BCUT2D eigenvalue weighted by Crippen LogP contribution is 2.16. The van der Waals surface area contributed by atoms with Gasteiger partial charge in [0.05, 0.1) is 6.07 Å². The molecule has 0 amide bonds. The highest BCUT2D eigenvalue weighted by atomic mass is 79.9. The molecule has 3 nitrogen and oxygen atoms in total. The lowest BCUT2D eigenvalue weighted by molar-refractivity contribution is 0.572. The molecule has 1 aromatic heterocycles. The maximum atomic E-state index is 8.32. The number of halogens is 2. The molecule has 0 fully saturated rings. The average Bonchev–Trinajstić information content (AvgIpc) is 2.31. The number of aromatic nitrogens is 2. The van der Waals surface area contributed by atoms with Crippen LogP contribution in [-0.4, -0.2) is 9.78 Å². The second-order valence-corrected chi connectivity index (χ2v) is 3.90. The van der Waals surface area contributed by atoms with E-state index in [1.54, 1.807) is 0 Å². The fourth-order valence-electron chi connectivity index (χ4n) is 0.829. The maximum absolute atomic E-state index is 8.32. The predicted molar refractivity (Wildman–Crippen MR) is 52.5 cm³/mol. The van der Waals surface area contributed by atoms with Gasteiger partial charge in [0.2, 0.25) is 0 Å². The molecule has 0 aliphatic carbocycles. The van der Waals surface area contributed by atoms with Gasteiger partial charge in [-0.2, -0.15) is 10.4 Å². The second-order valence-electron chi connectivity index (χ2n) is 2.27. The van der Waals surface area contributed by atoms with Gasteiger partial charge in [-0.25, -0.2) is 0 Å². The first kappa shape index (κ1) is 9.75. The van der Waals surface area contributed by atoms with Gasteiger partial charge in [-0.1, -0.05) is 0 Å². The number of nitrogens with zero attached hydrogens (tertiary/aromatic N) is 3. The number of hydrogen-bond acceptors (Lipinski definition) is 2. The molecule has 0 radical (unpaired) electrons. The summed E-state index contributed by atoms with van der Waals surface area (Å²) in [6, 6.07) is 3.98. The van der Waals surface area contributed by atoms with Crippen LogP contribution in [0.25, 0.3) is 0 Å². The van der Waals surface area contributed by atoms with E-state index >= 15 is 0 Å². The van der Waals surface area contributed by atoms with Crippen molar-refractivity contribution < 1.29 is 0 Å². The van der Waals surface area contributed by atoms with E-state index in [-0.39, 0.29) is 0 Å². The van der Waals surface area contributed by atoms with Gasteiger partial charge < -0.3 is 0 Å². The quantitative estimate of drug-likeness (QED) is 0.804. The Morgan fingerprint density at radius 3 is 2.83 bits per heavy atom. The fourth-order valence-corrected chi connectivity index (χ4v) is 2.02. The lowest BCUT2D eigenvalue weighted by Gasteiger charge is -1.98. The molecule has 0 aromatic carbocycles. The molecule has 0 bridgehead atoms. The van der Waals surface area contributed by atoms with Gasteiger partial charge in [-0.05, 0) is 38.3 Å². The van der Waals surface area contributed by atoms with Crippen LogP contribution in [-0.2, 0) is 6.54 Å². The van der Waals surface area contributed by atoms with Gasteiger partial charge in [0.15, 0.2) is 0 Å². The summed E-state index contributed by atoms with van der Waals surface area (Å²) in [6.45, 7) is 0.778. The minimum absolute atomic E-state index is 0.573. The van der Waals surface area contributed by atoms with Crippen molar-refractivity contribution in [1.82, 2.24) is 9.78 Å². The van der Waals surface area contributed by atoms with Gasteiger partial charge >= 0.3 is 0 Å². The van der Waals surface area contributed by atoms with Crippen LogP contribution in [0.1, 0.15) is 12.8 Å². The third-order valence-corrected chi connectivity index (χ3v) is 2.39. The predicted octanol–water partition coefficient (Wildman–Crippen LogP) is 2.71. The largest absolute Gasteiger partial charge is 0.257 e. The zero-order valence-corrected chi connectivity index (χ0v) is 9.47. The minimum Gasteiger partial charge on any atom is -0.257 e. The minimum atomic E-state index is 0.573. The Kier molecular flexibility index (Phi) is 3.76. The smallest absolute Gasteiger partial charge is 0.129 e. The molecule has 0 aliphatic heterocycles. The average molecular weight is 293 g/mol. The van der Waals surface area contributed by atoms with E-state index in [1.165, 1.54) is 0 Å². The molecule has 0 saturated heterocycles. The molecule has 0 saturated carbocycles. The molecule has 12 heavy (non-hydrogen) atoms. The van der Waals surface area contributed by atoms with E-state index in [2.05, 4.69) is 43.0 Å². The molecular weight excluding hydrogens is 286 g/mol. The van der Waals surface area contributed by atoms with Crippen LogP contribution in [0.15, 0.2) is 15.3 Å². The van der Waals surface area contributed by atoms with E-state index in [0.29, 0.717) is 6.42 Å². The summed E-state index contributed by atoms with van der Waals surface area (Å²) in [6.07, 6.45) is 1.41. The number of aryl methyl sites for hydroxylation is 1. The van der Waals surface area contributed by atoms with Gasteiger partial charge in [-0.15, -0.1) is 0 Å². The first-order valence-electron chi connectivity index (χ1n) is 3.50. The molecule has 0 spiro atoms. The molecule has 5 heteroatoms. The molecule has 1 aromatic rings. The van der Waals surface area contributed by atoms with Crippen LogP contribution in [0, 0.1) is 11.3 Å². The van der Waals surface area contributed by atoms with Crippen molar-refractivity contribution in [2.24, 2.45) is 0 Å². The molecule has 0 atom stereocenters. The molecule has 0 aliphatic rings. The zero-order valence-electron chi connectivity index (χ0n) is 6.30. The number of hydrogen-bond donors (Lipinski definition) is 0. The molecule has 1 rings (SSSR count). The van der Waals surface area contributed by atoms with Gasteiger partial charge in [0, 0.05) is 19.0 Å². The van der Waals surface area contributed by atoms with Crippen molar-refractivity contribution in [2.75, 3.05) is 0 Å². The Bertz CT molecular complexity index is 300. The zero-order chi connectivity index (χ0) is 8.97. The Hall–Kier alpha value is -0.340. The highest BCUT2D eigenvalue weighted by Gasteiger charge is 2.01. The number of nitriles is 1. The summed E-state index contributed by atoms with van der Waals surface area (Å²) >= 11 is 6.62. The Labute approximate surface area is 87.6 Å². The van der Waals surface area contributed by atoms with Crippen molar-refractivity contribution >= 4 is 31.9 Å². The summed E-state index contributed by atoms with van der Waals surface area (Å²) in [5.74, 6) is 0. The van der Waals surface area contributed by atoms with Crippen LogP contribution in [0.2, 0.25) is 0 Å². The van der Waals surface area contributed by atoms with Crippen molar-refractivity contribution in [3.63, 3.8) is 0 Å². The molecule has 1 heterocycles. The number of unbranched alkanes of at least 4 members (excludes halogenated alkanes) is 1. The highest BCUT2D eigenvalue weighted by molar-refractivity contribution is 9.11. The van der Waals surface area contributed by atoms with E-state index < -0.39 is 0 Å². The van der Waals surface area contributed by atoms with Crippen LogP contribution in [0.4, 0.5) is 0 Å². The summed E-state index contributed by atoms with van der Waals surface area (Å²) < 4.78 is 3.57. The molecule has 64 valence electrons. The summed E-state index contributed by atoms with van der Waals surface area (Å²) in [7, 11) is 0. The van der Waals surface area contributed by atoms with Gasteiger partial charge in [0.25, 0.3) is 0 Å². The van der Waals surface area contributed by atoms with Crippen molar-refractivity contribution in [1.29, 1.82) is 5.26 Å². The summed E-state index contributed by atoms with van der Waals surface area (Å²) in [5.41, 5.74) is 0. The molecule has 0 unspecified atom stereocenters. The van der Waals surface area contributed by atoms with Crippen LogP contribution >= 0.6 is 31.9 Å². The normalized spacial score (nSPS) is 9.75. The van der Waals surface area contributed by atoms with E-state index in [9.17, 15) is 0 Å². The topological polar surface area (TPSA) is 41.6 Å². The van der Waals surface area contributed by atoms with Crippen LogP contribution in [0.5, 0.6) is 0 Å².